The first-order valence-corrected chi connectivity index (χ1v) is 10.1. The molecular weight excluding hydrogens is 328 g/mol. The van der Waals surface area contributed by atoms with Gasteiger partial charge < -0.3 is 10.6 Å². The number of hydrogen-bond donors (Lipinski definition) is 2. The zero-order valence-corrected chi connectivity index (χ0v) is 15.7. The van der Waals surface area contributed by atoms with Gasteiger partial charge >= 0.3 is 0 Å². The second kappa shape index (κ2) is 11.0. The number of aliphatic imine (C=N–C) groups is 1. The van der Waals surface area contributed by atoms with Gasteiger partial charge in [-0.1, -0.05) is 13.8 Å². The van der Waals surface area contributed by atoms with Crippen molar-refractivity contribution in [3.05, 3.63) is 18.5 Å². The number of aromatic nitrogens is 2. The molecule has 0 radical (unpaired) electrons. The molecule has 24 heavy (non-hydrogen) atoms. The Kier molecular flexibility index (Phi) is 9.39. The van der Waals surface area contributed by atoms with E-state index in [1.54, 1.807) is 6.20 Å². The van der Waals surface area contributed by atoms with Crippen LogP contribution in [-0.4, -0.2) is 66.9 Å². The molecule has 1 aromatic heterocycles. The first-order valence-electron chi connectivity index (χ1n) is 8.50. The summed E-state index contributed by atoms with van der Waals surface area (Å²) >= 11 is 0. The summed E-state index contributed by atoms with van der Waals surface area (Å²) in [6.45, 7) is 9.20. The molecule has 0 fully saturated rings. The Morgan fingerprint density at radius 2 is 2.00 bits per heavy atom. The minimum Gasteiger partial charge on any atom is -0.357 e. The summed E-state index contributed by atoms with van der Waals surface area (Å²) in [5.74, 6) is 0.708. The fourth-order valence-corrected chi connectivity index (χ4v) is 3.65. The van der Waals surface area contributed by atoms with Crippen LogP contribution in [0.5, 0.6) is 0 Å². The van der Waals surface area contributed by atoms with E-state index in [1.807, 2.05) is 37.7 Å². The van der Waals surface area contributed by atoms with Crippen molar-refractivity contribution in [2.45, 2.75) is 33.7 Å². The Hall–Kier alpha value is -1.61. The van der Waals surface area contributed by atoms with Gasteiger partial charge in [0.1, 0.15) is 0 Å². The highest BCUT2D eigenvalue weighted by atomic mass is 32.2. The molecule has 0 saturated heterocycles. The van der Waals surface area contributed by atoms with Crippen molar-refractivity contribution in [1.29, 1.82) is 0 Å². The highest BCUT2D eigenvalue weighted by Gasteiger charge is 2.18. The molecule has 0 aliphatic heterocycles. The number of rotatable bonds is 11. The van der Waals surface area contributed by atoms with E-state index in [0.29, 0.717) is 32.1 Å². The van der Waals surface area contributed by atoms with E-state index in [-0.39, 0.29) is 5.75 Å². The molecule has 9 heteroatoms. The molecule has 1 rings (SSSR count). The van der Waals surface area contributed by atoms with Gasteiger partial charge in [-0.15, -0.1) is 0 Å². The van der Waals surface area contributed by atoms with E-state index in [0.717, 1.165) is 19.5 Å². The summed E-state index contributed by atoms with van der Waals surface area (Å²) in [5.41, 5.74) is 0. The second-order valence-corrected chi connectivity index (χ2v) is 7.30. The molecule has 8 nitrogen and oxygen atoms in total. The van der Waals surface area contributed by atoms with Crippen LogP contribution in [0.4, 0.5) is 0 Å². The molecule has 0 bridgehead atoms. The SMILES string of the molecule is CCNC(=NCCCn1cccn1)NCCS(=O)(=O)N(CC)CC. The fourth-order valence-electron chi connectivity index (χ4n) is 2.24. The molecule has 0 aromatic carbocycles. The van der Waals surface area contributed by atoms with E-state index in [4.69, 9.17) is 0 Å². The number of guanidine groups is 1. The third-order valence-corrected chi connectivity index (χ3v) is 5.49. The predicted octanol–water partition coefficient (Wildman–Crippen LogP) is 0.500. The van der Waals surface area contributed by atoms with Gasteiger partial charge in [0.15, 0.2) is 5.96 Å². The molecule has 0 aliphatic carbocycles. The van der Waals surface area contributed by atoms with Crippen LogP contribution in [0.1, 0.15) is 27.2 Å². The summed E-state index contributed by atoms with van der Waals surface area (Å²) in [6, 6.07) is 1.89. The largest absolute Gasteiger partial charge is 0.357 e. The molecule has 0 amide bonds. The topological polar surface area (TPSA) is 91.6 Å². The van der Waals surface area contributed by atoms with Crippen molar-refractivity contribution >= 4 is 16.0 Å². The fraction of sp³-hybridized carbons (Fsp3) is 0.733. The number of sulfonamides is 1. The minimum atomic E-state index is -3.21. The van der Waals surface area contributed by atoms with Crippen molar-refractivity contribution in [1.82, 2.24) is 24.7 Å². The highest BCUT2D eigenvalue weighted by molar-refractivity contribution is 7.89. The molecule has 0 unspecified atom stereocenters. The molecule has 138 valence electrons. The maximum absolute atomic E-state index is 12.1. The number of nitrogens with one attached hydrogen (secondary N) is 2. The standard InChI is InChI=1S/C15H30N6O2S/c1-4-16-15(17-9-7-12-20-13-8-10-19-20)18-11-14-24(22,23)21(5-2)6-3/h8,10,13H,4-7,9,11-12,14H2,1-3H3,(H2,16,17,18). The number of hydrogen-bond acceptors (Lipinski definition) is 4. The monoisotopic (exact) mass is 358 g/mol. The van der Waals surface area contributed by atoms with Crippen LogP contribution in [-0.2, 0) is 16.6 Å². The van der Waals surface area contributed by atoms with Crippen LogP contribution < -0.4 is 10.6 Å². The highest BCUT2D eigenvalue weighted by Crippen LogP contribution is 1.99. The van der Waals surface area contributed by atoms with Crippen LogP contribution >= 0.6 is 0 Å². The van der Waals surface area contributed by atoms with E-state index < -0.39 is 10.0 Å². The quantitative estimate of drug-likeness (QED) is 0.341. The van der Waals surface area contributed by atoms with Gasteiger partial charge in [-0.3, -0.25) is 9.67 Å². The van der Waals surface area contributed by atoms with Crippen molar-refractivity contribution in [3.8, 4) is 0 Å². The van der Waals surface area contributed by atoms with Crippen molar-refractivity contribution in [3.63, 3.8) is 0 Å². The van der Waals surface area contributed by atoms with Crippen LogP contribution in [0.2, 0.25) is 0 Å². The summed E-state index contributed by atoms with van der Waals surface area (Å²) in [7, 11) is -3.21. The van der Waals surface area contributed by atoms with Gasteiger partial charge in [0.05, 0.1) is 5.75 Å². The zero-order valence-electron chi connectivity index (χ0n) is 14.9. The lowest BCUT2D eigenvalue weighted by Gasteiger charge is -2.19. The molecule has 2 N–H and O–H groups in total. The third-order valence-electron chi connectivity index (χ3n) is 3.47. The summed E-state index contributed by atoms with van der Waals surface area (Å²) in [5, 5.41) is 10.4. The van der Waals surface area contributed by atoms with Crippen molar-refractivity contribution in [2.24, 2.45) is 4.99 Å². The van der Waals surface area contributed by atoms with Crippen LogP contribution in [0.15, 0.2) is 23.5 Å². The minimum absolute atomic E-state index is 0.0619. The van der Waals surface area contributed by atoms with E-state index in [1.165, 1.54) is 4.31 Å². The molecular formula is C15H30N6O2S. The lowest BCUT2D eigenvalue weighted by molar-refractivity contribution is 0.445. The van der Waals surface area contributed by atoms with Gasteiger partial charge in [-0.25, -0.2) is 12.7 Å². The van der Waals surface area contributed by atoms with Crippen molar-refractivity contribution in [2.75, 3.05) is 38.5 Å². The van der Waals surface area contributed by atoms with Gasteiger partial charge in [0.25, 0.3) is 0 Å². The molecule has 0 atom stereocenters. The average Bonchev–Trinajstić information content (AvgIpc) is 3.05. The van der Waals surface area contributed by atoms with E-state index in [9.17, 15) is 8.42 Å². The van der Waals surface area contributed by atoms with Gasteiger partial charge in [-0.2, -0.15) is 5.10 Å². The Bertz CT molecular complexity index is 567. The Morgan fingerprint density at radius 1 is 1.25 bits per heavy atom. The molecule has 0 saturated carbocycles. The number of nitrogens with zero attached hydrogens (tertiary/aromatic N) is 4. The number of aryl methyl sites for hydroxylation is 1. The third kappa shape index (κ3) is 7.31. The van der Waals surface area contributed by atoms with Gasteiger partial charge in [0, 0.05) is 51.7 Å². The maximum atomic E-state index is 12.1. The first kappa shape index (κ1) is 20.4. The second-order valence-electron chi connectivity index (χ2n) is 5.21. The first-order chi connectivity index (χ1) is 11.5. The average molecular weight is 359 g/mol. The normalized spacial score (nSPS) is 12.6. The molecule has 0 spiro atoms. The predicted molar refractivity (Wildman–Crippen MR) is 97.5 cm³/mol. The van der Waals surface area contributed by atoms with E-state index in [2.05, 4.69) is 20.7 Å². The summed E-state index contributed by atoms with van der Waals surface area (Å²) in [6.07, 6.45) is 4.55. The molecule has 1 aromatic rings. The molecule has 0 aliphatic rings. The Balaban J connectivity index is 2.40. The van der Waals surface area contributed by atoms with Gasteiger partial charge in [-0.05, 0) is 19.4 Å². The maximum Gasteiger partial charge on any atom is 0.215 e. The zero-order chi connectivity index (χ0) is 17.8. The van der Waals surface area contributed by atoms with Gasteiger partial charge in [0.2, 0.25) is 10.0 Å². The van der Waals surface area contributed by atoms with Crippen LogP contribution in [0, 0.1) is 0 Å². The summed E-state index contributed by atoms with van der Waals surface area (Å²) in [4.78, 5) is 4.46. The molecule has 1 heterocycles. The smallest absolute Gasteiger partial charge is 0.215 e. The Morgan fingerprint density at radius 3 is 2.58 bits per heavy atom. The lowest BCUT2D eigenvalue weighted by atomic mass is 10.4. The van der Waals surface area contributed by atoms with Crippen molar-refractivity contribution < 1.29 is 8.42 Å². The lowest BCUT2D eigenvalue weighted by Crippen LogP contribution is -2.42. The van der Waals surface area contributed by atoms with Crippen LogP contribution in [0.25, 0.3) is 0 Å². The summed E-state index contributed by atoms with van der Waals surface area (Å²) < 4.78 is 27.6. The Labute approximate surface area is 145 Å². The van der Waals surface area contributed by atoms with E-state index >= 15 is 0 Å². The van der Waals surface area contributed by atoms with Crippen LogP contribution in [0.3, 0.4) is 0 Å².